The van der Waals surface area contributed by atoms with E-state index in [4.69, 9.17) is 33.8 Å². The highest BCUT2D eigenvalue weighted by molar-refractivity contribution is 5.86. The molecular formula is C89H110N30O13. The van der Waals surface area contributed by atoms with Crippen LogP contribution in [0.3, 0.4) is 0 Å². The molecule has 0 saturated heterocycles. The summed E-state index contributed by atoms with van der Waals surface area (Å²) in [5, 5.41) is 69.5. The summed E-state index contributed by atoms with van der Waals surface area (Å²) in [5.41, 5.74) is 15.8. The van der Waals surface area contributed by atoms with Crippen molar-refractivity contribution in [2.24, 2.45) is 79.1 Å². The largest absolute Gasteiger partial charge is 0.482 e. The Kier molecular flexibility index (Phi) is 36.8. The van der Waals surface area contributed by atoms with Crippen molar-refractivity contribution in [3.8, 4) is 34.1 Å². The van der Waals surface area contributed by atoms with E-state index in [-0.39, 0.29) is 73.8 Å². The van der Waals surface area contributed by atoms with Gasteiger partial charge in [-0.2, -0.15) is 56.2 Å². The summed E-state index contributed by atoms with van der Waals surface area (Å²) in [4.78, 5) is 105. The van der Waals surface area contributed by atoms with E-state index in [1.54, 1.807) is 123 Å². The summed E-state index contributed by atoms with van der Waals surface area (Å²) in [5.74, 6) is 1.51. The maximum atomic E-state index is 12.2. The van der Waals surface area contributed by atoms with Gasteiger partial charge in [0.1, 0.15) is 39.6 Å². The van der Waals surface area contributed by atoms with Crippen molar-refractivity contribution >= 4 is 65.3 Å². The topological polar surface area (TPSA) is 455 Å². The fourth-order valence-corrected chi connectivity index (χ4v) is 12.5. The molecule has 0 radical (unpaired) electrons. The van der Waals surface area contributed by atoms with Gasteiger partial charge in [-0.15, -0.1) is 0 Å². The van der Waals surface area contributed by atoms with Crippen LogP contribution in [0.1, 0.15) is 180 Å². The SMILES string of the molecule is C=Cc1cccc(-n2nnn(C)c2=O)c1CON=C(C)C.C=Cc1cccc(-n2nnn(C)c2=O)c1CON=C(C)C1CC1.C=Cc1cccc(-n2nnn(C)c2=O)c1CON=C(C)CC.C=Cc1cccc(-n2nnn(C)c2=O)c1CON=C(C)CCC.C=Cc1cccc(-n2nnn(C)c2=O)c1CON=CC.COC(C)=NOCc1c(C2CC2)cccc1-n1nnn(C)c1=O. The van der Waals surface area contributed by atoms with Crippen LogP contribution in [0, 0.1) is 5.92 Å². The summed E-state index contributed by atoms with van der Waals surface area (Å²) in [6, 6.07) is 33.4. The van der Waals surface area contributed by atoms with Crippen LogP contribution in [0.25, 0.3) is 64.5 Å². The van der Waals surface area contributed by atoms with E-state index in [1.165, 1.54) is 77.0 Å². The summed E-state index contributed by atoms with van der Waals surface area (Å²) >= 11 is 0. The van der Waals surface area contributed by atoms with Crippen LogP contribution in [-0.4, -0.2) is 161 Å². The monoisotopic (exact) mass is 1810 g/mol. The molecular weight excluding hydrogens is 1700 g/mol. The molecule has 6 aromatic heterocycles. The Morgan fingerprint density at radius 3 is 0.909 bits per heavy atom. The number of methoxy groups -OCH3 is 1. The Bertz CT molecular complexity index is 6590. The molecule has 6 aromatic carbocycles. The first kappa shape index (κ1) is 99.6. The molecule has 2 saturated carbocycles. The van der Waals surface area contributed by atoms with Gasteiger partial charge in [-0.3, -0.25) is 0 Å². The van der Waals surface area contributed by atoms with Crippen LogP contribution in [0.5, 0.6) is 0 Å². The molecule has 0 aliphatic heterocycles. The van der Waals surface area contributed by atoms with Crippen LogP contribution in [0.15, 0.2) is 202 Å². The molecule has 0 bridgehead atoms. The number of tetrazole rings is 6. The Hall–Kier alpha value is -16.1. The standard InChI is InChI=1S/C16H19N5O2.C16H21N5O2.C15H19N5O3.C15H19N5O2.C14H17N5O2.C13H15N5O2/c1-4-12-6-5-7-15(21-16(22)20(3)18-19-21)14(12)10-23-17-11(2)13-8-9-13;1-5-8-12(3)17-23-11-14-13(6-2)9-7-10-15(14)21-16(22)20(4)18-19-21;1-10(22-3)16-23-9-13-12(11-7-8-11)5-4-6-14(13)20-15(21)19(2)17-18-20;1-5-11(3)16-22-10-13-12(6-2)8-7-9-14(13)20-15(21)19(4)17-18-20;1-5-11-7-6-8-13(12(11)9-21-15-10(2)3)19-14(20)18(4)16-17-19;1-4-10-7-6-8-12(11(10)9-20-14-5-2)18-13(19)17(3)15-16-18/h4-7,13H,1,8-10H2,2-3H3;6-7,9-10H,2,5,8,11H2,1,3-4H3;4-6,11H,7-9H2,1-3H3;6-9H,2,5,10H2,1,3-4H3;5-8H,1,9H2,2-4H3;4-8H,1,9H2,2-3H3. The normalized spacial score (nSPS) is 12.4. The fourth-order valence-electron chi connectivity index (χ4n) is 12.5. The smallest absolute Gasteiger partial charge is 0.368 e. The number of benzene rings is 6. The number of rotatable bonds is 34. The molecule has 694 valence electrons. The lowest BCUT2D eigenvalue weighted by atomic mass is 10.0. The zero-order chi connectivity index (χ0) is 95.7. The van der Waals surface area contributed by atoms with Crippen molar-refractivity contribution in [3.63, 3.8) is 0 Å². The zero-order valence-corrected chi connectivity index (χ0v) is 77.0. The van der Waals surface area contributed by atoms with Crippen molar-refractivity contribution in [2.75, 3.05) is 7.11 Å². The molecule has 43 nitrogen and oxygen atoms in total. The molecule has 0 unspecified atom stereocenters. The number of aryl methyl sites for hydroxylation is 6. The molecule has 0 N–H and O–H groups in total. The first-order valence-corrected chi connectivity index (χ1v) is 41.8. The van der Waals surface area contributed by atoms with E-state index >= 15 is 0 Å². The van der Waals surface area contributed by atoms with Gasteiger partial charge in [-0.05, 0) is 218 Å². The molecule has 132 heavy (non-hydrogen) atoms. The molecule has 0 spiro atoms. The first-order chi connectivity index (χ1) is 63.6. The van der Waals surface area contributed by atoms with Crippen molar-refractivity contribution in [2.45, 2.75) is 153 Å². The molecule has 2 aliphatic carbocycles. The van der Waals surface area contributed by atoms with E-state index in [2.05, 4.69) is 139 Å². The lowest BCUT2D eigenvalue weighted by Crippen LogP contribution is -2.23. The van der Waals surface area contributed by atoms with E-state index in [9.17, 15) is 28.8 Å². The molecule has 6 heterocycles. The Labute approximate surface area is 759 Å². The van der Waals surface area contributed by atoms with Gasteiger partial charge < -0.3 is 33.8 Å². The van der Waals surface area contributed by atoms with E-state index in [0.29, 0.717) is 51.9 Å². The van der Waals surface area contributed by atoms with Crippen LogP contribution in [-0.2, 0) is 116 Å². The minimum atomic E-state index is -0.327. The van der Waals surface area contributed by atoms with Crippen LogP contribution in [0.2, 0.25) is 0 Å². The minimum Gasteiger partial charge on any atom is -0.482 e. The maximum absolute atomic E-state index is 12.2. The Balaban J connectivity index is 0.000000178. The number of nitrogens with zero attached hydrogens (tertiary/aromatic N) is 30. The Morgan fingerprint density at radius 2 is 0.644 bits per heavy atom. The van der Waals surface area contributed by atoms with E-state index in [1.807, 2.05) is 114 Å². The van der Waals surface area contributed by atoms with Crippen molar-refractivity contribution in [1.82, 2.24) is 119 Å². The third-order valence-corrected chi connectivity index (χ3v) is 20.1. The van der Waals surface area contributed by atoms with Gasteiger partial charge in [-0.1, -0.05) is 187 Å². The van der Waals surface area contributed by atoms with Gasteiger partial charge in [0.2, 0.25) is 5.90 Å². The van der Waals surface area contributed by atoms with E-state index < -0.39 is 0 Å². The van der Waals surface area contributed by atoms with Crippen LogP contribution in [0.4, 0.5) is 0 Å². The van der Waals surface area contributed by atoms with Gasteiger partial charge in [0, 0.05) is 94.7 Å². The van der Waals surface area contributed by atoms with Crippen LogP contribution < -0.4 is 34.1 Å². The first-order valence-electron chi connectivity index (χ1n) is 41.8. The molecule has 43 heteroatoms. The van der Waals surface area contributed by atoms with Crippen LogP contribution >= 0.6 is 0 Å². The summed E-state index contributed by atoms with van der Waals surface area (Å²) in [6.45, 7) is 37.3. The van der Waals surface area contributed by atoms with Crippen molar-refractivity contribution in [3.05, 3.63) is 272 Å². The van der Waals surface area contributed by atoms with E-state index in [0.717, 1.165) is 121 Å². The lowest BCUT2D eigenvalue weighted by Gasteiger charge is -2.12. The summed E-state index contributed by atoms with van der Waals surface area (Å²) < 4.78 is 19.5. The predicted octanol–water partition coefficient (Wildman–Crippen LogP) is 10.1. The fraction of sp³-hybridized carbons (Fsp3) is 0.348. The van der Waals surface area contributed by atoms with Gasteiger partial charge in [-0.25, -0.2) is 28.8 Å². The second-order valence-electron chi connectivity index (χ2n) is 29.8. The lowest BCUT2D eigenvalue weighted by molar-refractivity contribution is 0.121. The van der Waals surface area contributed by atoms with Gasteiger partial charge in [0.05, 0.1) is 64.1 Å². The average Bonchev–Trinajstić information content (AvgIpc) is 1.63. The third kappa shape index (κ3) is 26.1. The highest BCUT2D eigenvalue weighted by atomic mass is 16.7. The molecule has 2 aliphatic rings. The second-order valence-corrected chi connectivity index (χ2v) is 29.8. The molecule has 14 rings (SSSR count). The maximum Gasteiger partial charge on any atom is 0.368 e. The molecule has 12 aromatic rings. The molecule has 2 fully saturated rings. The van der Waals surface area contributed by atoms with Gasteiger partial charge >= 0.3 is 34.1 Å². The third-order valence-electron chi connectivity index (χ3n) is 20.1. The minimum absolute atomic E-state index is 0.213. The summed E-state index contributed by atoms with van der Waals surface area (Å²) in [6.07, 6.45) is 17.5. The highest BCUT2D eigenvalue weighted by Crippen LogP contribution is 2.43. The predicted molar refractivity (Wildman–Crippen MR) is 501 cm³/mol. The highest BCUT2D eigenvalue weighted by Gasteiger charge is 2.30. The number of aromatic nitrogens is 24. The van der Waals surface area contributed by atoms with Crippen molar-refractivity contribution in [1.29, 1.82) is 0 Å². The number of ether oxygens (including phenoxy) is 1. The summed E-state index contributed by atoms with van der Waals surface area (Å²) in [7, 11) is 10.9. The second kappa shape index (κ2) is 48.7. The van der Waals surface area contributed by atoms with Gasteiger partial charge in [0.15, 0.2) is 0 Å². The van der Waals surface area contributed by atoms with Gasteiger partial charge in [0.25, 0.3) is 0 Å². The number of hydrogen-bond acceptors (Lipinski definition) is 31. The Morgan fingerprint density at radius 1 is 0.364 bits per heavy atom. The number of oxime groups is 6. The molecule has 0 amide bonds. The number of hydrogen-bond donors (Lipinski definition) is 0. The van der Waals surface area contributed by atoms with Crippen molar-refractivity contribution < 1.29 is 33.8 Å². The molecule has 0 atom stereocenters. The zero-order valence-electron chi connectivity index (χ0n) is 77.0. The quantitative estimate of drug-likeness (QED) is 0.0205. The average molecular weight is 1810 g/mol.